The van der Waals surface area contributed by atoms with Gasteiger partial charge in [-0.3, -0.25) is 0 Å². The smallest absolute Gasteiger partial charge is 0.317 e. The molecule has 0 fully saturated rings. The summed E-state index contributed by atoms with van der Waals surface area (Å²) in [5, 5.41) is 3.54. The van der Waals surface area contributed by atoms with Crippen LogP contribution in [0, 0.1) is 0 Å². The molecule has 0 saturated carbocycles. The van der Waals surface area contributed by atoms with Gasteiger partial charge in [-0.2, -0.15) is 0 Å². The Labute approximate surface area is 135 Å². The highest BCUT2D eigenvalue weighted by Crippen LogP contribution is 2.09. The van der Waals surface area contributed by atoms with Crippen molar-refractivity contribution in [2.24, 2.45) is 0 Å². The molecule has 4 nitrogen and oxygen atoms in total. The van der Waals surface area contributed by atoms with Gasteiger partial charge in [0.2, 0.25) is 0 Å². The van der Waals surface area contributed by atoms with Crippen LogP contribution in [0.4, 0.5) is 4.79 Å². The molecule has 0 bridgehead atoms. The Morgan fingerprint density at radius 2 is 1.82 bits per heavy atom. The minimum Gasteiger partial charge on any atom is -0.492 e. The fourth-order valence-electron chi connectivity index (χ4n) is 1.83. The van der Waals surface area contributed by atoms with Gasteiger partial charge in [-0.1, -0.05) is 41.9 Å². The monoisotopic (exact) mass is 318 g/mol. The zero-order chi connectivity index (χ0) is 15.8. The molecule has 22 heavy (non-hydrogen) atoms. The lowest BCUT2D eigenvalue weighted by Gasteiger charge is -2.18. The van der Waals surface area contributed by atoms with Gasteiger partial charge in [0.15, 0.2) is 0 Å². The zero-order valence-corrected chi connectivity index (χ0v) is 13.2. The van der Waals surface area contributed by atoms with Crippen molar-refractivity contribution in [2.45, 2.75) is 6.54 Å². The first kappa shape index (κ1) is 16.2. The van der Waals surface area contributed by atoms with Gasteiger partial charge < -0.3 is 15.0 Å². The quantitative estimate of drug-likeness (QED) is 0.884. The lowest BCUT2D eigenvalue weighted by atomic mass is 10.2. The predicted octanol–water partition coefficient (Wildman–Crippen LogP) is 3.56. The molecule has 0 aliphatic carbocycles. The first-order valence-electron chi connectivity index (χ1n) is 7.06. The number of hydrogen-bond donors (Lipinski definition) is 1. The first-order chi connectivity index (χ1) is 10.6. The van der Waals surface area contributed by atoms with Gasteiger partial charge in [-0.15, -0.1) is 0 Å². The third-order valence-electron chi connectivity index (χ3n) is 3.14. The van der Waals surface area contributed by atoms with Crippen molar-refractivity contribution in [2.75, 3.05) is 20.2 Å². The minimum absolute atomic E-state index is 0.133. The Balaban J connectivity index is 1.69. The molecule has 1 N–H and O–H groups in total. The van der Waals surface area contributed by atoms with Crippen molar-refractivity contribution < 1.29 is 9.53 Å². The number of hydrogen-bond acceptors (Lipinski definition) is 2. The van der Waals surface area contributed by atoms with Gasteiger partial charge >= 0.3 is 6.03 Å². The molecule has 0 spiro atoms. The third-order valence-corrected chi connectivity index (χ3v) is 3.39. The Kier molecular flexibility index (Phi) is 6.10. The van der Waals surface area contributed by atoms with Crippen LogP contribution in [0.2, 0.25) is 5.02 Å². The lowest BCUT2D eigenvalue weighted by molar-refractivity contribution is 0.195. The fraction of sp³-hybridized carbons (Fsp3) is 0.235. The number of carbonyl (C=O) groups is 1. The fourth-order valence-corrected chi connectivity index (χ4v) is 1.96. The molecule has 0 aromatic heterocycles. The summed E-state index contributed by atoms with van der Waals surface area (Å²) >= 11 is 5.82. The van der Waals surface area contributed by atoms with Gasteiger partial charge in [0, 0.05) is 18.6 Å². The van der Waals surface area contributed by atoms with E-state index in [1.165, 1.54) is 0 Å². The van der Waals surface area contributed by atoms with E-state index >= 15 is 0 Å². The highest BCUT2D eigenvalue weighted by molar-refractivity contribution is 6.30. The summed E-state index contributed by atoms with van der Waals surface area (Å²) in [4.78, 5) is 13.6. The SMILES string of the molecule is CN(CCOc1ccccc1)C(=O)NCc1ccc(Cl)cc1. The summed E-state index contributed by atoms with van der Waals surface area (Å²) in [5.41, 5.74) is 1.01. The number of amides is 2. The van der Waals surface area contributed by atoms with Crippen molar-refractivity contribution in [3.8, 4) is 5.75 Å². The van der Waals surface area contributed by atoms with Crippen molar-refractivity contribution >= 4 is 17.6 Å². The second-order valence-corrected chi connectivity index (χ2v) is 5.30. The van der Waals surface area contributed by atoms with E-state index in [4.69, 9.17) is 16.3 Å². The van der Waals surface area contributed by atoms with E-state index in [-0.39, 0.29) is 6.03 Å². The van der Waals surface area contributed by atoms with E-state index in [1.54, 1.807) is 24.1 Å². The molecule has 0 aliphatic heterocycles. The predicted molar refractivity (Wildman–Crippen MR) is 88.3 cm³/mol. The average Bonchev–Trinajstić information content (AvgIpc) is 2.55. The lowest BCUT2D eigenvalue weighted by Crippen LogP contribution is -2.39. The van der Waals surface area contributed by atoms with Crippen LogP contribution in [0.1, 0.15) is 5.56 Å². The van der Waals surface area contributed by atoms with Gasteiger partial charge in [0.25, 0.3) is 0 Å². The summed E-state index contributed by atoms with van der Waals surface area (Å²) in [6, 6.07) is 16.8. The van der Waals surface area contributed by atoms with Gasteiger partial charge in [-0.05, 0) is 29.8 Å². The van der Waals surface area contributed by atoms with E-state index in [0.717, 1.165) is 11.3 Å². The van der Waals surface area contributed by atoms with Crippen LogP contribution in [0.3, 0.4) is 0 Å². The van der Waals surface area contributed by atoms with Gasteiger partial charge in [0.05, 0.1) is 6.54 Å². The van der Waals surface area contributed by atoms with Crippen molar-refractivity contribution in [1.82, 2.24) is 10.2 Å². The molecule has 0 saturated heterocycles. The molecule has 2 aromatic rings. The second kappa shape index (κ2) is 8.29. The normalized spacial score (nSPS) is 10.1. The van der Waals surface area contributed by atoms with E-state index in [1.807, 2.05) is 42.5 Å². The van der Waals surface area contributed by atoms with E-state index < -0.39 is 0 Å². The molecule has 0 radical (unpaired) electrons. The van der Waals surface area contributed by atoms with Crippen LogP contribution in [0.25, 0.3) is 0 Å². The Hall–Kier alpha value is -2.20. The van der Waals surface area contributed by atoms with E-state index in [9.17, 15) is 4.79 Å². The van der Waals surface area contributed by atoms with Crippen LogP contribution >= 0.6 is 11.6 Å². The van der Waals surface area contributed by atoms with Gasteiger partial charge in [-0.25, -0.2) is 4.79 Å². The molecule has 5 heteroatoms. The van der Waals surface area contributed by atoms with E-state index in [2.05, 4.69) is 5.32 Å². The summed E-state index contributed by atoms with van der Waals surface area (Å²) in [6.07, 6.45) is 0. The first-order valence-corrected chi connectivity index (χ1v) is 7.44. The number of carbonyl (C=O) groups excluding carboxylic acids is 1. The molecule has 2 aromatic carbocycles. The maximum absolute atomic E-state index is 12.0. The summed E-state index contributed by atoms with van der Waals surface area (Å²) < 4.78 is 5.57. The van der Waals surface area contributed by atoms with Crippen LogP contribution < -0.4 is 10.1 Å². The molecular formula is C17H19ClN2O2. The van der Waals surface area contributed by atoms with Crippen LogP contribution in [-0.2, 0) is 6.54 Å². The number of benzene rings is 2. The van der Waals surface area contributed by atoms with Crippen LogP contribution in [0.5, 0.6) is 5.75 Å². The molecule has 0 aliphatic rings. The van der Waals surface area contributed by atoms with Crippen LogP contribution in [-0.4, -0.2) is 31.1 Å². The third kappa shape index (κ3) is 5.30. The number of ether oxygens (including phenoxy) is 1. The average molecular weight is 319 g/mol. The number of halogens is 1. The zero-order valence-electron chi connectivity index (χ0n) is 12.5. The standard InChI is InChI=1S/C17H19ClN2O2/c1-20(11-12-22-16-5-3-2-4-6-16)17(21)19-13-14-7-9-15(18)10-8-14/h2-10H,11-13H2,1H3,(H,19,21). The molecular weight excluding hydrogens is 300 g/mol. The highest BCUT2D eigenvalue weighted by Gasteiger charge is 2.07. The minimum atomic E-state index is -0.133. The number of likely N-dealkylation sites (N-methyl/N-ethyl adjacent to an activating group) is 1. The molecule has 2 rings (SSSR count). The maximum atomic E-state index is 12.0. The summed E-state index contributed by atoms with van der Waals surface area (Å²) in [5.74, 6) is 0.803. The number of para-hydroxylation sites is 1. The van der Waals surface area contributed by atoms with Crippen molar-refractivity contribution in [3.63, 3.8) is 0 Å². The molecule has 0 atom stereocenters. The molecule has 0 heterocycles. The number of rotatable bonds is 6. The number of urea groups is 1. The molecule has 0 unspecified atom stereocenters. The molecule has 116 valence electrons. The topological polar surface area (TPSA) is 41.6 Å². The number of nitrogens with zero attached hydrogens (tertiary/aromatic N) is 1. The Morgan fingerprint density at radius 1 is 1.14 bits per heavy atom. The second-order valence-electron chi connectivity index (χ2n) is 4.87. The van der Waals surface area contributed by atoms with E-state index in [0.29, 0.717) is 24.7 Å². The Bertz CT molecular complexity index is 587. The summed E-state index contributed by atoms with van der Waals surface area (Å²) in [6.45, 7) is 1.44. The number of nitrogens with one attached hydrogen (secondary N) is 1. The Morgan fingerprint density at radius 3 is 2.50 bits per heavy atom. The molecule has 2 amide bonds. The highest BCUT2D eigenvalue weighted by atomic mass is 35.5. The van der Waals surface area contributed by atoms with Gasteiger partial charge in [0.1, 0.15) is 12.4 Å². The van der Waals surface area contributed by atoms with Crippen molar-refractivity contribution in [1.29, 1.82) is 0 Å². The van der Waals surface area contributed by atoms with Crippen molar-refractivity contribution in [3.05, 3.63) is 65.2 Å². The largest absolute Gasteiger partial charge is 0.492 e. The maximum Gasteiger partial charge on any atom is 0.317 e. The van der Waals surface area contributed by atoms with Crippen LogP contribution in [0.15, 0.2) is 54.6 Å². The summed E-state index contributed by atoms with van der Waals surface area (Å²) in [7, 11) is 1.74.